The smallest absolute Gasteiger partial charge is 0.415 e. The van der Waals surface area contributed by atoms with E-state index < -0.39 is 12.1 Å². The van der Waals surface area contributed by atoms with E-state index in [1.807, 2.05) is 56.3 Å². The molecule has 170 valence electrons. The van der Waals surface area contributed by atoms with Gasteiger partial charge in [0.1, 0.15) is 12.4 Å². The van der Waals surface area contributed by atoms with Crippen LogP contribution in [-0.4, -0.2) is 39.8 Å². The van der Waals surface area contributed by atoms with Gasteiger partial charge in [-0.05, 0) is 62.6 Å². The summed E-state index contributed by atoms with van der Waals surface area (Å²) in [5.41, 5.74) is 3.72. The second-order valence-electron chi connectivity index (χ2n) is 8.24. The third-order valence-corrected chi connectivity index (χ3v) is 5.55. The number of hydrogen-bond donors (Lipinski definition) is 2. The van der Waals surface area contributed by atoms with Crippen LogP contribution in [0.1, 0.15) is 46.0 Å². The number of cyclic esters (lactones) is 1. The zero-order valence-electron chi connectivity index (χ0n) is 18.8. The van der Waals surface area contributed by atoms with Crippen molar-refractivity contribution >= 4 is 23.6 Å². The van der Waals surface area contributed by atoms with Gasteiger partial charge in [0.25, 0.3) is 0 Å². The zero-order valence-corrected chi connectivity index (χ0v) is 18.8. The molecule has 1 saturated heterocycles. The fraction of sp³-hybridized carbons (Fsp3) is 0.280. The molecule has 0 aliphatic carbocycles. The Bertz CT molecular complexity index is 1180. The number of aryl methyl sites for hydroxylation is 2. The number of ether oxygens (including phenoxy) is 1. The first-order chi connectivity index (χ1) is 15.8. The van der Waals surface area contributed by atoms with Crippen LogP contribution < -0.4 is 10.2 Å². The van der Waals surface area contributed by atoms with Gasteiger partial charge in [0.05, 0.1) is 23.5 Å². The molecule has 1 unspecified atom stereocenters. The van der Waals surface area contributed by atoms with Gasteiger partial charge in [-0.3, -0.25) is 4.90 Å². The molecule has 3 aromatic rings. The van der Waals surface area contributed by atoms with Gasteiger partial charge in [-0.15, -0.1) is 0 Å². The lowest BCUT2D eigenvalue weighted by atomic mass is 10.1. The molecule has 0 spiro atoms. The van der Waals surface area contributed by atoms with Crippen LogP contribution in [0, 0.1) is 13.8 Å². The summed E-state index contributed by atoms with van der Waals surface area (Å²) in [7, 11) is 0. The highest BCUT2D eigenvalue weighted by atomic mass is 16.6. The Hall–Kier alpha value is -3.94. The highest BCUT2D eigenvalue weighted by molar-refractivity contribution is 5.92. The molecule has 0 bridgehead atoms. The van der Waals surface area contributed by atoms with Crippen molar-refractivity contribution < 1.29 is 19.4 Å². The van der Waals surface area contributed by atoms with Crippen LogP contribution in [0.3, 0.4) is 0 Å². The van der Waals surface area contributed by atoms with E-state index in [9.17, 15) is 14.7 Å². The molecule has 1 aromatic carbocycles. The summed E-state index contributed by atoms with van der Waals surface area (Å²) in [5, 5.41) is 12.7. The molecule has 2 N–H and O–H groups in total. The van der Waals surface area contributed by atoms with E-state index in [1.165, 1.54) is 0 Å². The predicted octanol–water partition coefficient (Wildman–Crippen LogP) is 4.53. The summed E-state index contributed by atoms with van der Waals surface area (Å²) in [6, 6.07) is 16.7. The van der Waals surface area contributed by atoms with Crippen molar-refractivity contribution in [2.75, 3.05) is 16.8 Å². The molecule has 1 fully saturated rings. The van der Waals surface area contributed by atoms with Crippen LogP contribution in [0.2, 0.25) is 0 Å². The average molecular weight is 447 g/mol. The number of anilines is 2. The third kappa shape index (κ3) is 4.95. The summed E-state index contributed by atoms with van der Waals surface area (Å²) in [6.45, 7) is 5.87. The molecule has 2 atom stereocenters. The number of aromatic carboxylic acids is 1. The number of carboxylic acids is 1. The normalized spacial score (nSPS) is 16.4. The van der Waals surface area contributed by atoms with Gasteiger partial charge in [0, 0.05) is 5.69 Å². The van der Waals surface area contributed by atoms with Crippen molar-refractivity contribution in [3.63, 3.8) is 0 Å². The fourth-order valence-corrected chi connectivity index (χ4v) is 3.94. The Morgan fingerprint density at radius 2 is 1.94 bits per heavy atom. The molecule has 1 aliphatic heterocycles. The number of nitrogens with one attached hydrogen (secondary N) is 1. The van der Waals surface area contributed by atoms with Crippen LogP contribution >= 0.6 is 0 Å². The van der Waals surface area contributed by atoms with E-state index in [1.54, 1.807) is 24.0 Å². The lowest BCUT2D eigenvalue weighted by Crippen LogP contribution is -2.36. The minimum atomic E-state index is -1.10. The fourth-order valence-electron chi connectivity index (χ4n) is 3.94. The Balaban J connectivity index is 1.61. The first kappa shape index (κ1) is 22.3. The Morgan fingerprint density at radius 1 is 1.18 bits per heavy atom. The van der Waals surface area contributed by atoms with Crippen LogP contribution in [0.5, 0.6) is 0 Å². The van der Waals surface area contributed by atoms with Crippen molar-refractivity contribution in [1.29, 1.82) is 0 Å². The molecular formula is C25H26N4O4. The van der Waals surface area contributed by atoms with Gasteiger partial charge in [-0.25, -0.2) is 19.6 Å². The second-order valence-corrected chi connectivity index (χ2v) is 8.24. The Kier molecular flexibility index (Phi) is 6.26. The number of aromatic nitrogens is 2. The topological polar surface area (TPSA) is 105 Å². The molecule has 8 nitrogen and oxygen atoms in total. The maximum Gasteiger partial charge on any atom is 0.415 e. The van der Waals surface area contributed by atoms with Crippen molar-refractivity contribution in [3.8, 4) is 0 Å². The summed E-state index contributed by atoms with van der Waals surface area (Å²) >= 11 is 0. The summed E-state index contributed by atoms with van der Waals surface area (Å²) < 4.78 is 5.35. The molecule has 3 heterocycles. The minimum absolute atomic E-state index is 0.0410. The number of carboxylic acid groups (broad SMARTS) is 1. The molecule has 4 rings (SSSR count). The number of benzene rings is 1. The number of rotatable bonds is 7. The van der Waals surface area contributed by atoms with E-state index in [0.717, 1.165) is 11.1 Å². The third-order valence-electron chi connectivity index (χ3n) is 5.55. The van der Waals surface area contributed by atoms with Crippen LogP contribution in [0.25, 0.3) is 0 Å². The SMILES string of the molecule is Cc1cc(C(C)Nc2ccc(C)nc2C(=O)O)nc(N2C(=O)OC[C@@H]2Cc2ccccc2)c1. The molecule has 1 amide bonds. The van der Waals surface area contributed by atoms with Crippen molar-refractivity contribution in [2.24, 2.45) is 0 Å². The Labute approximate surface area is 192 Å². The summed E-state index contributed by atoms with van der Waals surface area (Å²) in [6.07, 6.45) is 0.235. The zero-order chi connectivity index (χ0) is 23.5. The number of carbonyl (C=O) groups excluding carboxylic acids is 1. The quantitative estimate of drug-likeness (QED) is 0.549. The van der Waals surface area contributed by atoms with Gasteiger partial charge in [-0.1, -0.05) is 30.3 Å². The molecule has 0 saturated carbocycles. The van der Waals surface area contributed by atoms with Gasteiger partial charge in [0.15, 0.2) is 5.69 Å². The highest BCUT2D eigenvalue weighted by Gasteiger charge is 2.35. The molecule has 0 radical (unpaired) electrons. The molecule has 33 heavy (non-hydrogen) atoms. The lowest BCUT2D eigenvalue weighted by molar-refractivity contribution is 0.0691. The maximum atomic E-state index is 12.6. The summed E-state index contributed by atoms with van der Waals surface area (Å²) in [4.78, 5) is 34.7. The predicted molar refractivity (Wildman–Crippen MR) is 125 cm³/mol. The summed E-state index contributed by atoms with van der Waals surface area (Å²) in [5.74, 6) is -0.586. The van der Waals surface area contributed by atoms with E-state index in [0.29, 0.717) is 35.9 Å². The van der Waals surface area contributed by atoms with E-state index in [4.69, 9.17) is 9.72 Å². The largest absolute Gasteiger partial charge is 0.476 e. The van der Waals surface area contributed by atoms with Gasteiger partial charge >= 0.3 is 12.1 Å². The standard InChI is InChI=1S/C25H26N4O4/c1-15-11-21(17(3)27-20-10-9-16(2)26-23(20)24(30)31)28-22(12-15)29-19(14-33-25(29)32)13-18-7-5-4-6-8-18/h4-12,17,19,27H,13-14H2,1-3H3,(H,30,31)/t17?,19-/m0/s1. The van der Waals surface area contributed by atoms with Crippen LogP contribution in [0.15, 0.2) is 54.6 Å². The number of hydrogen-bond acceptors (Lipinski definition) is 6. The molecular weight excluding hydrogens is 420 g/mol. The Morgan fingerprint density at radius 3 is 2.67 bits per heavy atom. The van der Waals surface area contributed by atoms with Crippen molar-refractivity contribution in [1.82, 2.24) is 9.97 Å². The first-order valence-electron chi connectivity index (χ1n) is 10.8. The van der Waals surface area contributed by atoms with Crippen molar-refractivity contribution in [2.45, 2.75) is 39.3 Å². The van der Waals surface area contributed by atoms with Gasteiger partial charge in [0.2, 0.25) is 0 Å². The lowest BCUT2D eigenvalue weighted by Gasteiger charge is -2.23. The van der Waals surface area contributed by atoms with Crippen LogP contribution in [-0.2, 0) is 11.2 Å². The van der Waals surface area contributed by atoms with Crippen LogP contribution in [0.4, 0.5) is 16.3 Å². The molecule has 8 heteroatoms. The second kappa shape index (κ2) is 9.28. The monoisotopic (exact) mass is 446 g/mol. The number of nitrogens with zero attached hydrogens (tertiary/aromatic N) is 3. The number of amides is 1. The molecule has 1 aliphatic rings. The van der Waals surface area contributed by atoms with Gasteiger partial charge < -0.3 is 15.2 Å². The van der Waals surface area contributed by atoms with Gasteiger partial charge in [-0.2, -0.15) is 0 Å². The first-order valence-corrected chi connectivity index (χ1v) is 10.8. The number of carbonyl (C=O) groups is 2. The number of pyridine rings is 2. The van der Waals surface area contributed by atoms with E-state index in [2.05, 4.69) is 10.3 Å². The molecule has 2 aromatic heterocycles. The van der Waals surface area contributed by atoms with E-state index in [-0.39, 0.29) is 17.8 Å². The maximum absolute atomic E-state index is 12.6. The average Bonchev–Trinajstić information content (AvgIpc) is 3.14. The van der Waals surface area contributed by atoms with Crippen molar-refractivity contribution in [3.05, 3.63) is 82.8 Å². The van der Waals surface area contributed by atoms with E-state index >= 15 is 0 Å². The minimum Gasteiger partial charge on any atom is -0.476 e. The highest BCUT2D eigenvalue weighted by Crippen LogP contribution is 2.28.